The van der Waals surface area contributed by atoms with E-state index >= 15 is 0 Å². The maximum Gasteiger partial charge on any atom is 0.221 e. The van der Waals surface area contributed by atoms with E-state index < -0.39 is 0 Å². The van der Waals surface area contributed by atoms with Crippen LogP contribution >= 0.6 is 0 Å². The summed E-state index contributed by atoms with van der Waals surface area (Å²) >= 11 is 0. The maximum atomic E-state index is 12.0. The number of nitrogens with two attached hydrogens (primary N) is 1. The quantitative estimate of drug-likeness (QED) is 0.837. The summed E-state index contributed by atoms with van der Waals surface area (Å²) < 4.78 is 0. The van der Waals surface area contributed by atoms with Gasteiger partial charge in [-0.05, 0) is 37.3 Å². The van der Waals surface area contributed by atoms with Crippen LogP contribution in [0.25, 0.3) is 0 Å². The number of carbonyl (C=O) groups excluding carboxylic acids is 1. The van der Waals surface area contributed by atoms with Crippen molar-refractivity contribution >= 4 is 5.91 Å². The van der Waals surface area contributed by atoms with Gasteiger partial charge in [-0.1, -0.05) is 30.3 Å². The Morgan fingerprint density at radius 2 is 2.05 bits per heavy atom. The molecule has 2 atom stereocenters. The lowest BCUT2D eigenvalue weighted by molar-refractivity contribution is -0.121. The Labute approximate surface area is 126 Å². The van der Waals surface area contributed by atoms with E-state index in [-0.39, 0.29) is 11.9 Å². The molecule has 1 aromatic carbocycles. The highest BCUT2D eigenvalue weighted by molar-refractivity contribution is 5.76. The normalized spacial score (nSPS) is 24.0. The lowest BCUT2D eigenvalue weighted by Gasteiger charge is -2.16. The fourth-order valence-electron chi connectivity index (χ4n) is 3.15. The summed E-state index contributed by atoms with van der Waals surface area (Å²) in [6, 6.07) is 10.5. The molecule has 1 amide bonds. The first kappa shape index (κ1) is 14.5. The van der Waals surface area contributed by atoms with E-state index in [0.717, 1.165) is 24.7 Å². The van der Waals surface area contributed by atoms with Gasteiger partial charge >= 0.3 is 0 Å². The molecular formula is C17H25N3O. The molecule has 3 rings (SSSR count). The number of likely N-dealkylation sites (tertiary alicyclic amines) is 1. The molecule has 1 aliphatic heterocycles. The van der Waals surface area contributed by atoms with Crippen molar-refractivity contribution in [2.24, 2.45) is 11.7 Å². The van der Waals surface area contributed by atoms with E-state index in [9.17, 15) is 4.79 Å². The first-order chi connectivity index (χ1) is 10.2. The van der Waals surface area contributed by atoms with E-state index in [0.29, 0.717) is 12.3 Å². The molecule has 1 saturated heterocycles. The number of benzene rings is 1. The van der Waals surface area contributed by atoms with Crippen molar-refractivity contribution in [2.45, 2.75) is 37.8 Å². The lowest BCUT2D eigenvalue weighted by Crippen LogP contribution is -2.33. The summed E-state index contributed by atoms with van der Waals surface area (Å²) in [5, 5.41) is 3.06. The molecule has 2 aliphatic rings. The highest BCUT2D eigenvalue weighted by Crippen LogP contribution is 2.31. The van der Waals surface area contributed by atoms with Gasteiger partial charge in [0, 0.05) is 31.6 Å². The molecule has 4 nitrogen and oxygen atoms in total. The predicted octanol–water partition coefficient (Wildman–Crippen LogP) is 1.68. The number of hydrogen-bond acceptors (Lipinski definition) is 3. The first-order valence-corrected chi connectivity index (χ1v) is 8.03. The highest BCUT2D eigenvalue weighted by Gasteiger charge is 2.34. The Balaban J connectivity index is 1.38. The molecule has 1 heterocycles. The average molecular weight is 287 g/mol. The molecule has 0 bridgehead atoms. The summed E-state index contributed by atoms with van der Waals surface area (Å²) in [5.74, 6) is 0.679. The third-order valence-electron chi connectivity index (χ3n) is 4.60. The molecule has 0 aromatic heterocycles. The minimum atomic E-state index is -0.210. The highest BCUT2D eigenvalue weighted by atomic mass is 16.1. The molecule has 2 fully saturated rings. The molecule has 1 aliphatic carbocycles. The summed E-state index contributed by atoms with van der Waals surface area (Å²) in [6.45, 7) is 3.15. The van der Waals surface area contributed by atoms with E-state index in [1.54, 1.807) is 0 Å². The maximum absolute atomic E-state index is 12.0. The van der Waals surface area contributed by atoms with Gasteiger partial charge in [-0.25, -0.2) is 0 Å². The molecule has 114 valence electrons. The van der Waals surface area contributed by atoms with Gasteiger partial charge < -0.3 is 16.0 Å². The zero-order chi connectivity index (χ0) is 14.7. The molecule has 0 radical (unpaired) electrons. The minimum absolute atomic E-state index is 0.0659. The third kappa shape index (κ3) is 4.05. The molecule has 2 unspecified atom stereocenters. The number of hydrogen-bond donors (Lipinski definition) is 2. The summed E-state index contributed by atoms with van der Waals surface area (Å²) in [6.07, 6.45) is 4.31. The summed E-state index contributed by atoms with van der Waals surface area (Å²) in [7, 11) is 0. The molecule has 1 aromatic rings. The van der Waals surface area contributed by atoms with E-state index in [1.807, 2.05) is 30.3 Å². The lowest BCUT2D eigenvalue weighted by atomic mass is 10.0. The Morgan fingerprint density at radius 1 is 1.29 bits per heavy atom. The average Bonchev–Trinajstić information content (AvgIpc) is 3.25. The standard InChI is InChI=1S/C17H25N3O/c18-16(14-4-2-1-3-5-14)10-17(21)19-11-13-8-9-20(12-13)15-6-7-15/h1-5,13,15-16H,6-12,18H2,(H,19,21). The van der Waals surface area contributed by atoms with Crippen molar-refractivity contribution < 1.29 is 4.79 Å². The second kappa shape index (κ2) is 6.58. The van der Waals surface area contributed by atoms with Crippen LogP contribution in [0.3, 0.4) is 0 Å². The van der Waals surface area contributed by atoms with E-state index in [1.165, 1.54) is 25.8 Å². The van der Waals surface area contributed by atoms with Crippen molar-refractivity contribution in [3.05, 3.63) is 35.9 Å². The zero-order valence-corrected chi connectivity index (χ0v) is 12.5. The van der Waals surface area contributed by atoms with Crippen LogP contribution in [0, 0.1) is 5.92 Å². The van der Waals surface area contributed by atoms with Crippen LogP contribution in [0.15, 0.2) is 30.3 Å². The van der Waals surface area contributed by atoms with Gasteiger partial charge in [-0.3, -0.25) is 4.79 Å². The van der Waals surface area contributed by atoms with Crippen LogP contribution in [0.5, 0.6) is 0 Å². The smallest absolute Gasteiger partial charge is 0.221 e. The number of carbonyl (C=O) groups is 1. The fourth-order valence-corrected chi connectivity index (χ4v) is 3.15. The van der Waals surface area contributed by atoms with Gasteiger partial charge in [0.25, 0.3) is 0 Å². The van der Waals surface area contributed by atoms with Crippen molar-refractivity contribution in [3.8, 4) is 0 Å². The zero-order valence-electron chi connectivity index (χ0n) is 12.5. The van der Waals surface area contributed by atoms with E-state index in [2.05, 4.69) is 10.2 Å². The van der Waals surface area contributed by atoms with Crippen LogP contribution in [0.1, 0.15) is 37.3 Å². The van der Waals surface area contributed by atoms with Crippen LogP contribution in [-0.2, 0) is 4.79 Å². The van der Waals surface area contributed by atoms with Gasteiger partial charge in [-0.15, -0.1) is 0 Å². The number of nitrogens with one attached hydrogen (secondary N) is 1. The topological polar surface area (TPSA) is 58.4 Å². The second-order valence-electron chi connectivity index (χ2n) is 6.41. The van der Waals surface area contributed by atoms with Gasteiger partial charge in [0.2, 0.25) is 5.91 Å². The summed E-state index contributed by atoms with van der Waals surface area (Å²) in [5.41, 5.74) is 7.10. The molecule has 4 heteroatoms. The Kier molecular flexibility index (Phi) is 4.56. The third-order valence-corrected chi connectivity index (χ3v) is 4.60. The van der Waals surface area contributed by atoms with Crippen molar-refractivity contribution in [3.63, 3.8) is 0 Å². The van der Waals surface area contributed by atoms with Crippen LogP contribution in [0.4, 0.5) is 0 Å². The monoisotopic (exact) mass is 287 g/mol. The largest absolute Gasteiger partial charge is 0.356 e. The molecule has 3 N–H and O–H groups in total. The Bertz CT molecular complexity index is 472. The van der Waals surface area contributed by atoms with Crippen LogP contribution in [0.2, 0.25) is 0 Å². The number of rotatable bonds is 6. The predicted molar refractivity (Wildman–Crippen MR) is 83.7 cm³/mol. The van der Waals surface area contributed by atoms with Crippen molar-refractivity contribution in [1.29, 1.82) is 0 Å². The minimum Gasteiger partial charge on any atom is -0.356 e. The van der Waals surface area contributed by atoms with Gasteiger partial charge in [0.05, 0.1) is 0 Å². The van der Waals surface area contributed by atoms with Gasteiger partial charge in [0.15, 0.2) is 0 Å². The second-order valence-corrected chi connectivity index (χ2v) is 6.41. The van der Waals surface area contributed by atoms with Gasteiger partial charge in [0.1, 0.15) is 0 Å². The number of nitrogens with zero attached hydrogens (tertiary/aromatic N) is 1. The Hall–Kier alpha value is -1.39. The molecule has 0 spiro atoms. The van der Waals surface area contributed by atoms with E-state index in [4.69, 9.17) is 5.73 Å². The molecule has 21 heavy (non-hydrogen) atoms. The number of amides is 1. The van der Waals surface area contributed by atoms with Gasteiger partial charge in [-0.2, -0.15) is 0 Å². The first-order valence-electron chi connectivity index (χ1n) is 8.03. The molecule has 1 saturated carbocycles. The Morgan fingerprint density at radius 3 is 2.76 bits per heavy atom. The SMILES string of the molecule is NC(CC(=O)NCC1CCN(C2CC2)C1)c1ccccc1. The van der Waals surface area contributed by atoms with Crippen LogP contribution < -0.4 is 11.1 Å². The van der Waals surface area contributed by atoms with Crippen LogP contribution in [-0.4, -0.2) is 36.5 Å². The van der Waals surface area contributed by atoms with Crippen molar-refractivity contribution in [1.82, 2.24) is 10.2 Å². The molecular weight excluding hydrogens is 262 g/mol. The summed E-state index contributed by atoms with van der Waals surface area (Å²) in [4.78, 5) is 14.6. The van der Waals surface area contributed by atoms with Crippen molar-refractivity contribution in [2.75, 3.05) is 19.6 Å². The fraction of sp³-hybridized carbons (Fsp3) is 0.588.